The molecule has 0 radical (unpaired) electrons. The van der Waals surface area contributed by atoms with Gasteiger partial charge in [0.1, 0.15) is 40.2 Å². The summed E-state index contributed by atoms with van der Waals surface area (Å²) < 4.78 is 41.8. The Morgan fingerprint density at radius 3 is 2.73 bits per heavy atom. The second-order valence-electron chi connectivity index (χ2n) is 9.40. The predicted octanol–water partition coefficient (Wildman–Crippen LogP) is 6.05. The number of benzene rings is 3. The van der Waals surface area contributed by atoms with Crippen molar-refractivity contribution in [2.24, 2.45) is 0 Å². The number of fused-ring (bicyclic) bond motifs is 1. The lowest BCUT2D eigenvalue weighted by Gasteiger charge is -2.12. The van der Waals surface area contributed by atoms with Crippen LogP contribution in [0, 0.1) is 5.82 Å². The summed E-state index contributed by atoms with van der Waals surface area (Å²) in [5.41, 5.74) is 3.98. The Morgan fingerprint density at radius 2 is 1.93 bits per heavy atom. The standard InChI is InChI=1S/C29H27ClFN5O3S2/c1-41(37,38)12-11-32-10-9-28-36-26(17-40-28)20-5-7-25-23(14-20)29(34-18-33-25)35-22-6-8-27(24(30)15-22)39-16-19-3-2-4-21(31)13-19/h2-8,13-15,17-18,32H,9-12,16H2,1H3,(H,33,34,35). The largest absolute Gasteiger partial charge is 0.487 e. The number of aromatic nitrogens is 3. The molecule has 212 valence electrons. The molecule has 0 aliphatic heterocycles. The molecule has 0 fully saturated rings. The molecule has 8 nitrogen and oxygen atoms in total. The van der Waals surface area contributed by atoms with E-state index in [1.807, 2.05) is 29.6 Å². The van der Waals surface area contributed by atoms with Crippen LogP contribution in [0.25, 0.3) is 22.2 Å². The molecule has 0 saturated carbocycles. The molecule has 2 heterocycles. The van der Waals surface area contributed by atoms with E-state index in [2.05, 4.69) is 20.6 Å². The number of hydrogen-bond acceptors (Lipinski definition) is 9. The van der Waals surface area contributed by atoms with Crippen LogP contribution in [-0.2, 0) is 22.9 Å². The SMILES string of the molecule is CS(=O)(=O)CCNCCc1nc(-c2ccc3ncnc(Nc4ccc(OCc5cccc(F)c5)c(Cl)c4)c3c2)cs1. The molecule has 2 N–H and O–H groups in total. The Labute approximate surface area is 246 Å². The minimum atomic E-state index is -2.97. The highest BCUT2D eigenvalue weighted by Gasteiger charge is 2.11. The van der Waals surface area contributed by atoms with E-state index in [-0.39, 0.29) is 18.2 Å². The lowest BCUT2D eigenvalue weighted by atomic mass is 10.1. The van der Waals surface area contributed by atoms with Crippen LogP contribution in [0.3, 0.4) is 0 Å². The van der Waals surface area contributed by atoms with Crippen LogP contribution in [0.4, 0.5) is 15.9 Å². The van der Waals surface area contributed by atoms with Crippen molar-refractivity contribution >= 4 is 55.2 Å². The monoisotopic (exact) mass is 611 g/mol. The van der Waals surface area contributed by atoms with E-state index in [0.29, 0.717) is 41.7 Å². The Bertz CT molecular complexity index is 1780. The first-order valence-electron chi connectivity index (χ1n) is 12.8. The highest BCUT2D eigenvalue weighted by Crippen LogP contribution is 2.32. The topological polar surface area (TPSA) is 106 Å². The number of nitrogens with one attached hydrogen (secondary N) is 2. The van der Waals surface area contributed by atoms with Gasteiger partial charge in [0.15, 0.2) is 0 Å². The molecule has 3 aromatic carbocycles. The van der Waals surface area contributed by atoms with Gasteiger partial charge in [-0.05, 0) is 48.0 Å². The third kappa shape index (κ3) is 7.98. The molecular formula is C29H27ClFN5O3S2. The fraction of sp³-hybridized carbons (Fsp3) is 0.207. The Kier molecular flexibility index (Phi) is 9.09. The number of thiazole rings is 1. The number of ether oxygens (including phenoxy) is 1. The van der Waals surface area contributed by atoms with Crippen LogP contribution < -0.4 is 15.4 Å². The highest BCUT2D eigenvalue weighted by molar-refractivity contribution is 7.90. The van der Waals surface area contributed by atoms with Crippen molar-refractivity contribution < 1.29 is 17.5 Å². The van der Waals surface area contributed by atoms with E-state index >= 15 is 0 Å². The number of sulfone groups is 1. The van der Waals surface area contributed by atoms with E-state index < -0.39 is 9.84 Å². The van der Waals surface area contributed by atoms with Crippen LogP contribution >= 0.6 is 22.9 Å². The molecular weight excluding hydrogens is 585 g/mol. The predicted molar refractivity (Wildman–Crippen MR) is 162 cm³/mol. The fourth-order valence-electron chi connectivity index (χ4n) is 4.07. The smallest absolute Gasteiger partial charge is 0.148 e. The van der Waals surface area contributed by atoms with Gasteiger partial charge in [-0.3, -0.25) is 0 Å². The molecule has 0 amide bonds. The minimum absolute atomic E-state index is 0.117. The first kappa shape index (κ1) is 28.9. The molecule has 0 aliphatic carbocycles. The van der Waals surface area contributed by atoms with Gasteiger partial charge in [0.05, 0.1) is 27.0 Å². The number of halogens is 2. The second kappa shape index (κ2) is 12.9. The molecule has 0 atom stereocenters. The molecule has 5 aromatic rings. The summed E-state index contributed by atoms with van der Waals surface area (Å²) >= 11 is 8.05. The van der Waals surface area contributed by atoms with Gasteiger partial charge in [-0.2, -0.15) is 0 Å². The lowest BCUT2D eigenvalue weighted by molar-refractivity contribution is 0.306. The number of hydrogen-bond donors (Lipinski definition) is 2. The maximum atomic E-state index is 13.4. The molecule has 0 aliphatic rings. The van der Waals surface area contributed by atoms with Crippen molar-refractivity contribution in [3.63, 3.8) is 0 Å². The van der Waals surface area contributed by atoms with Gasteiger partial charge in [0.25, 0.3) is 0 Å². The maximum Gasteiger partial charge on any atom is 0.148 e. The summed E-state index contributed by atoms with van der Waals surface area (Å²) in [5, 5.41) is 10.7. The molecule has 0 saturated heterocycles. The number of anilines is 2. The van der Waals surface area contributed by atoms with Gasteiger partial charge in [-0.25, -0.2) is 27.8 Å². The van der Waals surface area contributed by atoms with Crippen molar-refractivity contribution in [2.45, 2.75) is 13.0 Å². The van der Waals surface area contributed by atoms with Crippen molar-refractivity contribution in [3.05, 3.63) is 93.8 Å². The first-order chi connectivity index (χ1) is 19.7. The first-order valence-corrected chi connectivity index (χ1v) is 16.1. The maximum absolute atomic E-state index is 13.4. The number of rotatable bonds is 12. The van der Waals surface area contributed by atoms with Crippen molar-refractivity contribution in [2.75, 3.05) is 30.4 Å². The van der Waals surface area contributed by atoms with Gasteiger partial charge in [-0.15, -0.1) is 11.3 Å². The normalized spacial score (nSPS) is 11.6. The van der Waals surface area contributed by atoms with Crippen molar-refractivity contribution in [3.8, 4) is 17.0 Å². The van der Waals surface area contributed by atoms with Gasteiger partial charge in [0, 0.05) is 47.8 Å². The average Bonchev–Trinajstić information content (AvgIpc) is 3.41. The zero-order valence-electron chi connectivity index (χ0n) is 22.1. The van der Waals surface area contributed by atoms with Crippen LogP contribution in [-0.4, -0.2) is 48.5 Å². The van der Waals surface area contributed by atoms with E-state index in [0.717, 1.165) is 32.9 Å². The second-order valence-corrected chi connectivity index (χ2v) is 13.0. The summed E-state index contributed by atoms with van der Waals surface area (Å²) in [6.45, 7) is 1.27. The van der Waals surface area contributed by atoms with E-state index in [4.69, 9.17) is 21.3 Å². The van der Waals surface area contributed by atoms with Crippen LogP contribution in [0.2, 0.25) is 5.02 Å². The summed E-state index contributed by atoms with van der Waals surface area (Å²) in [6.07, 6.45) is 3.44. The molecule has 2 aromatic heterocycles. The van der Waals surface area contributed by atoms with Gasteiger partial charge in [-0.1, -0.05) is 29.8 Å². The zero-order chi connectivity index (χ0) is 28.8. The van der Waals surface area contributed by atoms with Crippen LogP contribution in [0.5, 0.6) is 5.75 Å². The summed E-state index contributed by atoms with van der Waals surface area (Å²) in [7, 11) is -2.97. The summed E-state index contributed by atoms with van der Waals surface area (Å²) in [5.74, 6) is 0.906. The Balaban J connectivity index is 1.26. The van der Waals surface area contributed by atoms with Gasteiger partial charge < -0.3 is 15.4 Å². The van der Waals surface area contributed by atoms with Crippen molar-refractivity contribution in [1.29, 1.82) is 0 Å². The third-order valence-corrected chi connectivity index (χ3v) is 8.28. The zero-order valence-corrected chi connectivity index (χ0v) is 24.5. The van der Waals surface area contributed by atoms with Crippen LogP contribution in [0.15, 0.2) is 72.4 Å². The Morgan fingerprint density at radius 1 is 1.05 bits per heavy atom. The van der Waals surface area contributed by atoms with Crippen molar-refractivity contribution in [1.82, 2.24) is 20.3 Å². The summed E-state index contributed by atoms with van der Waals surface area (Å²) in [4.78, 5) is 13.6. The third-order valence-electron chi connectivity index (χ3n) is 6.13. The molecule has 5 rings (SSSR count). The molecule has 12 heteroatoms. The van der Waals surface area contributed by atoms with E-state index in [1.54, 1.807) is 35.6 Å². The average molecular weight is 612 g/mol. The van der Waals surface area contributed by atoms with E-state index in [9.17, 15) is 12.8 Å². The quantitative estimate of drug-likeness (QED) is 0.164. The molecule has 0 unspecified atom stereocenters. The van der Waals surface area contributed by atoms with Gasteiger partial charge >= 0.3 is 0 Å². The number of nitrogens with zero attached hydrogens (tertiary/aromatic N) is 3. The molecule has 41 heavy (non-hydrogen) atoms. The minimum Gasteiger partial charge on any atom is -0.487 e. The molecule has 0 spiro atoms. The molecule has 0 bridgehead atoms. The van der Waals surface area contributed by atoms with Gasteiger partial charge in [0.2, 0.25) is 0 Å². The summed E-state index contributed by atoms with van der Waals surface area (Å²) in [6, 6.07) is 17.5. The van der Waals surface area contributed by atoms with E-state index in [1.165, 1.54) is 24.7 Å². The lowest BCUT2D eigenvalue weighted by Crippen LogP contribution is -2.24. The Hall–Kier alpha value is -3.64. The fourth-order valence-corrected chi connectivity index (χ4v) is 5.63. The van der Waals surface area contributed by atoms with Crippen LogP contribution in [0.1, 0.15) is 10.6 Å². The highest BCUT2D eigenvalue weighted by atomic mass is 35.5.